The van der Waals surface area contributed by atoms with E-state index in [4.69, 9.17) is 9.84 Å². The second-order valence-corrected chi connectivity index (χ2v) is 7.65. The second kappa shape index (κ2) is 11.4. The summed E-state index contributed by atoms with van der Waals surface area (Å²) in [6.07, 6.45) is 4.98. The van der Waals surface area contributed by atoms with Crippen LogP contribution in [0.1, 0.15) is 39.1 Å². The molecule has 2 aromatic carbocycles. The number of hydrogen-bond donors (Lipinski definition) is 2. The average Bonchev–Trinajstić information content (AvgIpc) is 2.68. The molecule has 0 radical (unpaired) electrons. The van der Waals surface area contributed by atoms with Gasteiger partial charge in [0.2, 0.25) is 0 Å². The van der Waals surface area contributed by atoms with Crippen molar-refractivity contribution >= 4 is 0 Å². The van der Waals surface area contributed by atoms with Gasteiger partial charge < -0.3 is 15.2 Å². The smallest absolute Gasteiger partial charge is 0.133 e. The van der Waals surface area contributed by atoms with Gasteiger partial charge in [0.1, 0.15) is 11.5 Å². The minimum atomic E-state index is 0.153. The molecule has 1 aromatic heterocycles. The molecule has 0 spiro atoms. The van der Waals surface area contributed by atoms with Gasteiger partial charge in [-0.05, 0) is 63.8 Å². The molecule has 5 nitrogen and oxygen atoms in total. The zero-order chi connectivity index (χ0) is 22.1. The Morgan fingerprint density at radius 3 is 1.70 bits per heavy atom. The molecule has 1 heterocycles. The Morgan fingerprint density at radius 1 is 0.800 bits per heavy atom. The highest BCUT2D eigenvalue weighted by molar-refractivity contribution is 5.50. The Kier molecular flexibility index (Phi) is 8.96. The van der Waals surface area contributed by atoms with E-state index in [2.05, 4.69) is 81.1 Å². The van der Waals surface area contributed by atoms with Gasteiger partial charge in [-0.1, -0.05) is 35.4 Å². The maximum atomic E-state index is 8.45. The Hall–Kier alpha value is -2.76. The number of nitrogens with one attached hydrogen (secondary N) is 1. The standard InChI is InChI=1S/C18H22O.C7H11N3O/c1-11-7-13(3)17(14(4)8-11)19-18-15(5)9-12(2)10-16(18)6;11-4-3-9-6-7-5-8-1-2-10-7/h7-10H,1-6H3;1-2,5,9,11H,3-4,6H2. The van der Waals surface area contributed by atoms with Gasteiger partial charge in [0.15, 0.2) is 0 Å². The van der Waals surface area contributed by atoms with E-state index in [0.717, 1.165) is 17.2 Å². The number of aliphatic hydroxyl groups excluding tert-OH is 1. The molecule has 0 saturated carbocycles. The lowest BCUT2D eigenvalue weighted by Gasteiger charge is -2.17. The van der Waals surface area contributed by atoms with Crippen molar-refractivity contribution in [2.75, 3.05) is 13.2 Å². The van der Waals surface area contributed by atoms with Crippen LogP contribution in [0.25, 0.3) is 0 Å². The highest BCUT2D eigenvalue weighted by Gasteiger charge is 2.11. The van der Waals surface area contributed by atoms with E-state index in [9.17, 15) is 0 Å². The molecule has 3 aromatic rings. The molecule has 0 amide bonds. The zero-order valence-electron chi connectivity index (χ0n) is 18.9. The molecule has 0 aliphatic rings. The van der Waals surface area contributed by atoms with Gasteiger partial charge >= 0.3 is 0 Å². The van der Waals surface area contributed by atoms with Crippen molar-refractivity contribution < 1.29 is 9.84 Å². The van der Waals surface area contributed by atoms with Crippen molar-refractivity contribution in [1.29, 1.82) is 0 Å². The molecule has 0 saturated heterocycles. The summed E-state index contributed by atoms with van der Waals surface area (Å²) < 4.78 is 6.21. The number of nitrogens with zero attached hydrogens (tertiary/aromatic N) is 2. The lowest BCUT2D eigenvalue weighted by atomic mass is 10.0. The fourth-order valence-electron chi connectivity index (χ4n) is 3.47. The Labute approximate surface area is 180 Å². The van der Waals surface area contributed by atoms with Crippen molar-refractivity contribution in [3.05, 3.63) is 81.9 Å². The van der Waals surface area contributed by atoms with Crippen LogP contribution in [-0.4, -0.2) is 28.2 Å². The number of hydrogen-bond acceptors (Lipinski definition) is 5. The molecular formula is C25H33N3O2. The third-order valence-corrected chi connectivity index (χ3v) is 4.62. The van der Waals surface area contributed by atoms with Crippen LogP contribution in [0.5, 0.6) is 11.5 Å². The number of aryl methyl sites for hydroxylation is 6. The minimum absolute atomic E-state index is 0.153. The lowest BCUT2D eigenvalue weighted by Crippen LogP contribution is -2.18. The monoisotopic (exact) mass is 407 g/mol. The van der Waals surface area contributed by atoms with Gasteiger partial charge in [0.05, 0.1) is 12.3 Å². The van der Waals surface area contributed by atoms with E-state index in [1.807, 2.05) is 0 Å². The molecular weight excluding hydrogens is 374 g/mol. The first kappa shape index (κ1) is 23.5. The van der Waals surface area contributed by atoms with E-state index < -0.39 is 0 Å². The van der Waals surface area contributed by atoms with Crippen molar-refractivity contribution in [3.63, 3.8) is 0 Å². The molecule has 0 fully saturated rings. The summed E-state index contributed by atoms with van der Waals surface area (Å²) in [5, 5.41) is 11.4. The van der Waals surface area contributed by atoms with Crippen LogP contribution in [0, 0.1) is 41.5 Å². The van der Waals surface area contributed by atoms with Crippen molar-refractivity contribution in [1.82, 2.24) is 15.3 Å². The number of aliphatic hydroxyl groups is 1. The average molecular weight is 408 g/mol. The summed E-state index contributed by atoms with van der Waals surface area (Å²) in [6, 6.07) is 8.67. The van der Waals surface area contributed by atoms with Crippen molar-refractivity contribution in [2.45, 2.75) is 48.1 Å². The zero-order valence-corrected chi connectivity index (χ0v) is 18.9. The summed E-state index contributed by atoms with van der Waals surface area (Å²) in [5.74, 6) is 1.97. The molecule has 0 aliphatic carbocycles. The molecule has 0 aliphatic heterocycles. The first-order valence-electron chi connectivity index (χ1n) is 10.2. The third-order valence-electron chi connectivity index (χ3n) is 4.62. The predicted octanol–water partition coefficient (Wildman–Crippen LogP) is 4.89. The molecule has 3 rings (SSSR count). The van der Waals surface area contributed by atoms with Gasteiger partial charge in [-0.2, -0.15) is 0 Å². The fourth-order valence-corrected chi connectivity index (χ4v) is 3.47. The highest BCUT2D eigenvalue weighted by atomic mass is 16.5. The number of ether oxygens (including phenoxy) is 1. The summed E-state index contributed by atoms with van der Waals surface area (Å²) in [7, 11) is 0. The van der Waals surface area contributed by atoms with Gasteiger partial charge in [0.25, 0.3) is 0 Å². The molecule has 5 heteroatoms. The highest BCUT2D eigenvalue weighted by Crippen LogP contribution is 2.34. The maximum absolute atomic E-state index is 8.45. The largest absolute Gasteiger partial charge is 0.456 e. The molecule has 0 unspecified atom stereocenters. The SMILES string of the molecule is Cc1cc(C)c(Oc2c(C)cc(C)cc2C)c(C)c1.OCCNCc1cnccn1. The normalized spacial score (nSPS) is 10.4. The number of benzene rings is 2. The van der Waals surface area contributed by atoms with Crippen molar-refractivity contribution in [3.8, 4) is 11.5 Å². The van der Waals surface area contributed by atoms with Crippen LogP contribution in [0.2, 0.25) is 0 Å². The lowest BCUT2D eigenvalue weighted by molar-refractivity contribution is 0.291. The van der Waals surface area contributed by atoms with Crippen LogP contribution < -0.4 is 10.1 Å². The topological polar surface area (TPSA) is 67.3 Å². The van der Waals surface area contributed by atoms with E-state index in [1.54, 1.807) is 18.6 Å². The number of rotatable bonds is 6. The predicted molar refractivity (Wildman–Crippen MR) is 122 cm³/mol. The molecule has 2 N–H and O–H groups in total. The second-order valence-electron chi connectivity index (χ2n) is 7.65. The minimum Gasteiger partial charge on any atom is -0.456 e. The van der Waals surface area contributed by atoms with Crippen LogP contribution in [-0.2, 0) is 6.54 Å². The Balaban J connectivity index is 0.000000248. The first-order chi connectivity index (χ1) is 14.3. The third kappa shape index (κ3) is 6.94. The summed E-state index contributed by atoms with van der Waals surface area (Å²) >= 11 is 0. The summed E-state index contributed by atoms with van der Waals surface area (Å²) in [5.41, 5.74) is 8.21. The van der Waals surface area contributed by atoms with Crippen molar-refractivity contribution in [2.24, 2.45) is 0 Å². The van der Waals surface area contributed by atoms with E-state index in [0.29, 0.717) is 13.1 Å². The van der Waals surface area contributed by atoms with Crippen LogP contribution >= 0.6 is 0 Å². The molecule has 0 atom stereocenters. The maximum Gasteiger partial charge on any atom is 0.133 e. The van der Waals surface area contributed by atoms with Crippen LogP contribution in [0.4, 0.5) is 0 Å². The van der Waals surface area contributed by atoms with E-state index in [1.165, 1.54) is 33.4 Å². The Bertz CT molecular complexity index is 854. The Morgan fingerprint density at radius 2 is 1.30 bits per heavy atom. The first-order valence-corrected chi connectivity index (χ1v) is 10.2. The molecule has 0 bridgehead atoms. The van der Waals surface area contributed by atoms with Gasteiger partial charge in [-0.15, -0.1) is 0 Å². The van der Waals surface area contributed by atoms with Gasteiger partial charge in [-0.25, -0.2) is 0 Å². The van der Waals surface area contributed by atoms with Crippen LogP contribution in [0.15, 0.2) is 42.9 Å². The summed E-state index contributed by atoms with van der Waals surface area (Å²) in [4.78, 5) is 7.94. The van der Waals surface area contributed by atoms with Gasteiger partial charge in [-0.3, -0.25) is 9.97 Å². The molecule has 160 valence electrons. The van der Waals surface area contributed by atoms with Crippen LogP contribution in [0.3, 0.4) is 0 Å². The summed E-state index contributed by atoms with van der Waals surface area (Å²) in [6.45, 7) is 14.1. The fraction of sp³-hybridized carbons (Fsp3) is 0.360. The van der Waals surface area contributed by atoms with E-state index in [-0.39, 0.29) is 6.61 Å². The number of aromatic nitrogens is 2. The van der Waals surface area contributed by atoms with Gasteiger partial charge in [0, 0.05) is 31.7 Å². The quantitative estimate of drug-likeness (QED) is 0.570. The van der Waals surface area contributed by atoms with E-state index >= 15 is 0 Å². The molecule has 30 heavy (non-hydrogen) atoms.